The van der Waals surface area contributed by atoms with Crippen LogP contribution in [0.5, 0.6) is 0 Å². The Labute approximate surface area is 219 Å². The number of hydrogen-bond donors (Lipinski definition) is 0. The van der Waals surface area contributed by atoms with Gasteiger partial charge in [-0.3, -0.25) is 0 Å². The Hall–Kier alpha value is -3.07. The fourth-order valence-corrected chi connectivity index (χ4v) is 6.04. The summed E-state index contributed by atoms with van der Waals surface area (Å²) in [5.74, 6) is 0. The lowest BCUT2D eigenvalue weighted by atomic mass is 9.87. The molecule has 0 N–H and O–H groups in total. The van der Waals surface area contributed by atoms with Crippen LogP contribution in [0.3, 0.4) is 0 Å². The van der Waals surface area contributed by atoms with Crippen molar-refractivity contribution < 1.29 is 26.1 Å². The second-order valence-electron chi connectivity index (χ2n) is 9.19. The predicted octanol–water partition coefficient (Wildman–Crippen LogP) is 7.69. The van der Waals surface area contributed by atoms with Crippen molar-refractivity contribution >= 4 is 21.0 Å². The van der Waals surface area contributed by atoms with Crippen LogP contribution in [0.25, 0.3) is 0 Å². The minimum absolute atomic E-state index is 0.0497. The third-order valence-electron chi connectivity index (χ3n) is 5.36. The smallest absolute Gasteiger partial charge is 0.416 e. The summed E-state index contributed by atoms with van der Waals surface area (Å²) in [5.41, 5.74) is 0.414. The van der Waals surface area contributed by atoms with E-state index in [9.17, 15) is 26.1 Å². The van der Waals surface area contributed by atoms with Crippen LogP contribution < -0.4 is 0 Å². The molecule has 0 fully saturated rings. The maximum Gasteiger partial charge on any atom is 0.416 e. The van der Waals surface area contributed by atoms with Crippen LogP contribution in [-0.4, -0.2) is 13.0 Å². The summed E-state index contributed by atoms with van der Waals surface area (Å²) in [6.45, 7) is 6.78. The lowest BCUT2D eigenvalue weighted by molar-refractivity contribution is -0.137. The van der Waals surface area contributed by atoms with Crippen LogP contribution in [0.4, 0.5) is 13.2 Å². The van der Waals surface area contributed by atoms with E-state index >= 15 is 0 Å². The quantitative estimate of drug-likeness (QED) is 0.196. The number of halogens is 3. The van der Waals surface area contributed by atoms with Crippen LogP contribution in [0.2, 0.25) is 0 Å². The van der Waals surface area contributed by atoms with Gasteiger partial charge < -0.3 is 4.55 Å². The highest BCUT2D eigenvalue weighted by atomic mass is 32.2. The van der Waals surface area contributed by atoms with E-state index in [-0.39, 0.29) is 16.3 Å². The first-order chi connectivity index (χ1) is 17.3. The van der Waals surface area contributed by atoms with Crippen LogP contribution in [0, 0.1) is 0 Å². The zero-order valence-electron chi connectivity index (χ0n) is 20.6. The molecule has 37 heavy (non-hydrogen) atoms. The summed E-state index contributed by atoms with van der Waals surface area (Å²) in [6.07, 6.45) is -4.65. The van der Waals surface area contributed by atoms with Crippen LogP contribution in [0.15, 0.2) is 129 Å². The molecule has 4 aromatic carbocycles. The maximum atomic E-state index is 12.1. The molecule has 8 heteroatoms. The van der Waals surface area contributed by atoms with Gasteiger partial charge in [0.15, 0.2) is 14.7 Å². The summed E-state index contributed by atoms with van der Waals surface area (Å²) in [7, 11) is -4.89. The molecule has 0 saturated heterocycles. The number of alkyl halides is 3. The molecular weight excluding hydrogens is 517 g/mol. The van der Waals surface area contributed by atoms with Crippen LogP contribution >= 0.6 is 0 Å². The minimum Gasteiger partial charge on any atom is -0.744 e. The highest BCUT2D eigenvalue weighted by Gasteiger charge is 2.31. The van der Waals surface area contributed by atoms with Gasteiger partial charge in [-0.1, -0.05) is 75.4 Å². The van der Waals surface area contributed by atoms with Gasteiger partial charge in [0.05, 0.1) is 21.4 Å². The number of benzene rings is 4. The maximum absolute atomic E-state index is 12.1. The van der Waals surface area contributed by atoms with Crippen molar-refractivity contribution in [2.45, 2.75) is 51.9 Å². The van der Waals surface area contributed by atoms with Crippen molar-refractivity contribution in [2.75, 3.05) is 0 Å². The van der Waals surface area contributed by atoms with Crippen LogP contribution in [0.1, 0.15) is 31.9 Å². The SMILES string of the molecule is CC(C)(C)c1ccc([S+](c2ccccc2)c2ccccc2)cc1.O=S(=O)([O-])c1cccc(C(F)(F)F)c1. The summed E-state index contributed by atoms with van der Waals surface area (Å²) in [4.78, 5) is 3.21. The minimum atomic E-state index is -4.84. The summed E-state index contributed by atoms with van der Waals surface area (Å²) in [6, 6.07) is 33.4. The number of rotatable bonds is 4. The van der Waals surface area contributed by atoms with Crippen molar-refractivity contribution in [3.05, 3.63) is 120 Å². The average molecular weight is 545 g/mol. The topological polar surface area (TPSA) is 57.2 Å². The average Bonchev–Trinajstić information content (AvgIpc) is 2.85. The molecule has 4 aromatic rings. The molecule has 3 nitrogen and oxygen atoms in total. The van der Waals surface area contributed by atoms with Gasteiger partial charge in [0.2, 0.25) is 0 Å². The van der Waals surface area contributed by atoms with Crippen molar-refractivity contribution in [3.63, 3.8) is 0 Å². The molecule has 0 aliphatic heterocycles. The van der Waals surface area contributed by atoms with E-state index in [1.807, 2.05) is 0 Å². The molecule has 0 saturated carbocycles. The molecule has 0 spiro atoms. The summed E-state index contributed by atoms with van der Waals surface area (Å²) in [5, 5.41) is 0. The molecular formula is C29H27F3O3S2. The molecule has 0 bridgehead atoms. The highest BCUT2D eigenvalue weighted by Crippen LogP contribution is 2.33. The van der Waals surface area contributed by atoms with E-state index in [1.54, 1.807) is 0 Å². The Balaban J connectivity index is 0.000000233. The fraction of sp³-hybridized carbons (Fsp3) is 0.172. The van der Waals surface area contributed by atoms with Gasteiger partial charge in [0, 0.05) is 0 Å². The third-order valence-corrected chi connectivity index (χ3v) is 8.43. The molecule has 0 unspecified atom stereocenters. The first-order valence-corrected chi connectivity index (χ1v) is 14.0. The molecule has 4 rings (SSSR count). The van der Waals surface area contributed by atoms with Crippen molar-refractivity contribution in [1.29, 1.82) is 0 Å². The van der Waals surface area contributed by atoms with Crippen LogP contribution in [-0.2, 0) is 32.6 Å². The molecule has 0 atom stereocenters. The Morgan fingerprint density at radius 1 is 0.622 bits per heavy atom. The Morgan fingerprint density at radius 3 is 1.49 bits per heavy atom. The Kier molecular flexibility index (Phi) is 8.89. The predicted molar refractivity (Wildman–Crippen MR) is 140 cm³/mol. The second kappa shape index (κ2) is 11.5. The van der Waals surface area contributed by atoms with Crippen molar-refractivity contribution in [3.8, 4) is 0 Å². The molecule has 0 aliphatic rings. The molecule has 194 valence electrons. The second-order valence-corrected chi connectivity index (χ2v) is 12.6. The molecule has 0 aliphatic carbocycles. The van der Waals surface area contributed by atoms with E-state index in [1.165, 1.54) is 20.2 Å². The van der Waals surface area contributed by atoms with Gasteiger partial charge >= 0.3 is 6.18 Å². The fourth-order valence-electron chi connectivity index (χ4n) is 3.44. The van der Waals surface area contributed by atoms with E-state index in [2.05, 4.69) is 106 Å². The van der Waals surface area contributed by atoms with E-state index in [0.29, 0.717) is 12.1 Å². The normalized spacial score (nSPS) is 12.1. The monoisotopic (exact) mass is 544 g/mol. The van der Waals surface area contributed by atoms with Crippen molar-refractivity contribution in [2.24, 2.45) is 0 Å². The standard InChI is InChI=1S/C22H23S.C7H5F3O3S/c1-22(2,3)18-14-16-21(17-15-18)23(19-10-6-4-7-11-19)20-12-8-5-9-13-20;8-7(9,10)5-2-1-3-6(4-5)14(11,12)13/h4-17H,1-3H3;1-4H,(H,11,12,13)/q+1;/p-1. The lowest BCUT2D eigenvalue weighted by Crippen LogP contribution is -2.11. The molecule has 0 aromatic heterocycles. The lowest BCUT2D eigenvalue weighted by Gasteiger charge is -2.19. The Morgan fingerprint density at radius 2 is 1.08 bits per heavy atom. The van der Waals surface area contributed by atoms with Crippen molar-refractivity contribution in [1.82, 2.24) is 0 Å². The largest absolute Gasteiger partial charge is 0.744 e. The third kappa shape index (κ3) is 7.95. The van der Waals surface area contributed by atoms with E-state index in [0.717, 1.165) is 12.1 Å². The van der Waals surface area contributed by atoms with E-state index in [4.69, 9.17) is 0 Å². The van der Waals surface area contributed by atoms with E-state index < -0.39 is 26.8 Å². The summed E-state index contributed by atoms with van der Waals surface area (Å²) >= 11 is 0. The van der Waals surface area contributed by atoms with Gasteiger partial charge in [-0.25, -0.2) is 8.42 Å². The van der Waals surface area contributed by atoms with Gasteiger partial charge in [-0.15, -0.1) is 0 Å². The van der Waals surface area contributed by atoms with Gasteiger partial charge in [-0.2, -0.15) is 13.2 Å². The number of hydrogen-bond acceptors (Lipinski definition) is 3. The first-order valence-electron chi connectivity index (χ1n) is 11.3. The first kappa shape index (κ1) is 28.5. The molecule has 0 radical (unpaired) electrons. The van der Waals surface area contributed by atoms with Gasteiger partial charge in [-0.05, 0) is 65.6 Å². The zero-order chi connectivity index (χ0) is 27.3. The van der Waals surface area contributed by atoms with Gasteiger partial charge in [0.25, 0.3) is 0 Å². The Bertz CT molecular complexity index is 1360. The summed E-state index contributed by atoms with van der Waals surface area (Å²) < 4.78 is 67.3. The molecule has 0 heterocycles. The zero-order valence-corrected chi connectivity index (χ0v) is 22.2. The van der Waals surface area contributed by atoms with Gasteiger partial charge in [0.1, 0.15) is 10.1 Å². The highest BCUT2D eigenvalue weighted by molar-refractivity contribution is 7.97. The molecule has 0 amide bonds.